The van der Waals surface area contributed by atoms with Gasteiger partial charge in [0, 0.05) is 26.2 Å². The summed E-state index contributed by atoms with van der Waals surface area (Å²) in [5, 5.41) is 21.8. The van der Waals surface area contributed by atoms with Crippen LogP contribution in [-0.2, 0) is 6.18 Å². The Morgan fingerprint density at radius 3 is 2.39 bits per heavy atom. The van der Waals surface area contributed by atoms with E-state index in [2.05, 4.69) is 20.2 Å². The third-order valence-corrected chi connectivity index (χ3v) is 4.79. The van der Waals surface area contributed by atoms with E-state index in [-0.39, 0.29) is 5.56 Å². The number of aromatic nitrogens is 4. The summed E-state index contributed by atoms with van der Waals surface area (Å²) in [5.41, 5.74) is 0.410. The zero-order valence-electron chi connectivity index (χ0n) is 15.0. The number of nitriles is 1. The molecule has 2 aromatic heterocycles. The lowest BCUT2D eigenvalue weighted by Gasteiger charge is -2.37. The smallest absolute Gasteiger partial charge is 0.367 e. The molecule has 0 atom stereocenters. The van der Waals surface area contributed by atoms with Gasteiger partial charge in [0.15, 0.2) is 11.5 Å². The van der Waals surface area contributed by atoms with Crippen LogP contribution in [0.25, 0.3) is 5.65 Å². The third kappa shape index (κ3) is 3.19. The summed E-state index contributed by atoms with van der Waals surface area (Å²) in [6.07, 6.45) is -4.46. The summed E-state index contributed by atoms with van der Waals surface area (Å²) in [6.45, 7) is 4.22. The fraction of sp³-hybridized carbons (Fsp3) is 0.333. The molecule has 28 heavy (non-hydrogen) atoms. The van der Waals surface area contributed by atoms with Crippen molar-refractivity contribution in [2.24, 2.45) is 0 Å². The molecule has 3 heterocycles. The first kappa shape index (κ1) is 18.0. The molecule has 0 unspecified atom stereocenters. The van der Waals surface area contributed by atoms with Gasteiger partial charge < -0.3 is 9.80 Å². The van der Waals surface area contributed by atoms with Crippen molar-refractivity contribution in [2.75, 3.05) is 36.0 Å². The SMILES string of the molecule is Cc1nnc2ccc(N3CCN(c4ccc(C(F)(F)F)cc4C#N)CC3)nn12. The van der Waals surface area contributed by atoms with Gasteiger partial charge in [-0.05, 0) is 37.3 Å². The van der Waals surface area contributed by atoms with Crippen molar-refractivity contribution >= 4 is 17.2 Å². The van der Waals surface area contributed by atoms with E-state index in [0.29, 0.717) is 43.3 Å². The first-order valence-corrected chi connectivity index (χ1v) is 8.67. The molecule has 10 heteroatoms. The van der Waals surface area contributed by atoms with Crippen molar-refractivity contribution in [2.45, 2.75) is 13.1 Å². The van der Waals surface area contributed by atoms with Crippen LogP contribution in [0.4, 0.5) is 24.7 Å². The fourth-order valence-corrected chi connectivity index (χ4v) is 3.31. The number of nitrogens with zero attached hydrogens (tertiary/aromatic N) is 7. The molecule has 0 radical (unpaired) electrons. The van der Waals surface area contributed by atoms with Crippen molar-refractivity contribution in [1.29, 1.82) is 5.26 Å². The molecule has 7 nitrogen and oxygen atoms in total. The average Bonchev–Trinajstić information content (AvgIpc) is 3.07. The Kier molecular flexibility index (Phi) is 4.30. The second-order valence-corrected chi connectivity index (χ2v) is 6.52. The first-order valence-electron chi connectivity index (χ1n) is 8.67. The van der Waals surface area contributed by atoms with Crippen LogP contribution in [-0.4, -0.2) is 46.0 Å². The second kappa shape index (κ2) is 6.67. The van der Waals surface area contributed by atoms with Gasteiger partial charge in [0.1, 0.15) is 11.9 Å². The highest BCUT2D eigenvalue weighted by Crippen LogP contribution is 2.33. The van der Waals surface area contributed by atoms with Crippen molar-refractivity contribution < 1.29 is 13.2 Å². The maximum Gasteiger partial charge on any atom is 0.416 e. The largest absolute Gasteiger partial charge is 0.416 e. The number of benzene rings is 1. The monoisotopic (exact) mass is 387 g/mol. The number of alkyl halides is 3. The number of hydrogen-bond acceptors (Lipinski definition) is 6. The predicted molar refractivity (Wildman–Crippen MR) is 96.1 cm³/mol. The normalized spacial score (nSPS) is 15.1. The van der Waals surface area contributed by atoms with E-state index >= 15 is 0 Å². The molecule has 1 aromatic carbocycles. The van der Waals surface area contributed by atoms with Gasteiger partial charge >= 0.3 is 6.18 Å². The molecule has 4 rings (SSSR count). The molecule has 0 N–H and O–H groups in total. The van der Waals surface area contributed by atoms with Crippen LogP contribution < -0.4 is 9.80 Å². The summed E-state index contributed by atoms with van der Waals surface area (Å²) >= 11 is 0. The van der Waals surface area contributed by atoms with Gasteiger partial charge in [-0.15, -0.1) is 15.3 Å². The lowest BCUT2D eigenvalue weighted by molar-refractivity contribution is -0.137. The Morgan fingerprint density at radius 1 is 1.00 bits per heavy atom. The van der Waals surface area contributed by atoms with Gasteiger partial charge in [-0.3, -0.25) is 0 Å². The quantitative estimate of drug-likeness (QED) is 0.673. The molecule has 3 aromatic rings. The van der Waals surface area contributed by atoms with Crippen LogP contribution in [0.1, 0.15) is 17.0 Å². The van der Waals surface area contributed by atoms with Gasteiger partial charge in [0.25, 0.3) is 0 Å². The van der Waals surface area contributed by atoms with Crippen molar-refractivity contribution in [3.8, 4) is 6.07 Å². The minimum absolute atomic E-state index is 0.0305. The highest BCUT2D eigenvalue weighted by atomic mass is 19.4. The molecule has 1 aliphatic heterocycles. The highest BCUT2D eigenvalue weighted by Gasteiger charge is 2.31. The lowest BCUT2D eigenvalue weighted by atomic mass is 10.1. The standard InChI is InChI=1S/C18H16F3N7/c1-12-23-24-16-4-5-17(25-28(12)16)27-8-6-26(7-9-27)15-3-2-14(18(19,20)21)10-13(15)11-22/h2-5,10H,6-9H2,1H3. The zero-order valence-corrected chi connectivity index (χ0v) is 15.0. The topological polar surface area (TPSA) is 73.3 Å². The molecule has 0 amide bonds. The van der Waals surface area contributed by atoms with Crippen molar-refractivity contribution in [1.82, 2.24) is 19.8 Å². The van der Waals surface area contributed by atoms with Crippen LogP contribution in [0.3, 0.4) is 0 Å². The number of rotatable bonds is 2. The summed E-state index contributed by atoms with van der Waals surface area (Å²) < 4.78 is 40.3. The Balaban J connectivity index is 1.52. The van der Waals surface area contributed by atoms with Crippen molar-refractivity contribution in [3.05, 3.63) is 47.3 Å². The summed E-state index contributed by atoms with van der Waals surface area (Å²) in [5.74, 6) is 1.47. The Bertz CT molecular complexity index is 1060. The van der Waals surface area contributed by atoms with E-state index in [0.717, 1.165) is 18.0 Å². The van der Waals surface area contributed by atoms with E-state index in [1.165, 1.54) is 6.07 Å². The Morgan fingerprint density at radius 2 is 1.71 bits per heavy atom. The fourth-order valence-electron chi connectivity index (χ4n) is 3.31. The third-order valence-electron chi connectivity index (χ3n) is 4.79. The van der Waals surface area contributed by atoms with Crippen molar-refractivity contribution in [3.63, 3.8) is 0 Å². The molecule has 0 saturated carbocycles. The molecule has 0 bridgehead atoms. The van der Waals surface area contributed by atoms with Gasteiger partial charge in [0.05, 0.1) is 16.8 Å². The molecule has 1 fully saturated rings. The van der Waals surface area contributed by atoms with Crippen LogP contribution in [0.15, 0.2) is 30.3 Å². The van der Waals surface area contributed by atoms with E-state index in [1.807, 2.05) is 30.0 Å². The first-order chi connectivity index (χ1) is 13.4. The molecule has 0 aliphatic carbocycles. The highest BCUT2D eigenvalue weighted by molar-refractivity contribution is 5.62. The Hall–Kier alpha value is -3.35. The van der Waals surface area contributed by atoms with Gasteiger partial charge in [-0.25, -0.2) is 0 Å². The van der Waals surface area contributed by atoms with Crippen LogP contribution >= 0.6 is 0 Å². The molecule has 0 spiro atoms. The van der Waals surface area contributed by atoms with Gasteiger partial charge in [-0.1, -0.05) is 0 Å². The van der Waals surface area contributed by atoms with Gasteiger partial charge in [-0.2, -0.15) is 22.9 Å². The predicted octanol–water partition coefficient (Wildman–Crippen LogP) is 2.65. The van der Waals surface area contributed by atoms with Crippen LogP contribution in [0.5, 0.6) is 0 Å². The summed E-state index contributed by atoms with van der Waals surface area (Å²) in [7, 11) is 0. The van der Waals surface area contributed by atoms with E-state index in [4.69, 9.17) is 0 Å². The number of aryl methyl sites for hydroxylation is 1. The number of piperazine rings is 1. The van der Waals surface area contributed by atoms with E-state index in [9.17, 15) is 18.4 Å². The Labute approximate surface area is 158 Å². The maximum absolute atomic E-state index is 12.9. The average molecular weight is 387 g/mol. The summed E-state index contributed by atoms with van der Waals surface area (Å²) in [6, 6.07) is 8.91. The van der Waals surface area contributed by atoms with Gasteiger partial charge in [0.2, 0.25) is 0 Å². The maximum atomic E-state index is 12.9. The molecule has 144 valence electrons. The number of hydrogen-bond donors (Lipinski definition) is 0. The van der Waals surface area contributed by atoms with E-state index in [1.54, 1.807) is 4.52 Å². The minimum Gasteiger partial charge on any atom is -0.367 e. The second-order valence-electron chi connectivity index (χ2n) is 6.52. The minimum atomic E-state index is -4.46. The molecular formula is C18H16F3N7. The summed E-state index contributed by atoms with van der Waals surface area (Å²) in [4.78, 5) is 4.02. The van der Waals surface area contributed by atoms with Crippen LogP contribution in [0, 0.1) is 18.3 Å². The zero-order chi connectivity index (χ0) is 19.9. The molecule has 1 saturated heterocycles. The van der Waals surface area contributed by atoms with Crippen LogP contribution in [0.2, 0.25) is 0 Å². The number of halogens is 3. The number of anilines is 2. The number of fused-ring (bicyclic) bond motifs is 1. The van der Waals surface area contributed by atoms with E-state index < -0.39 is 11.7 Å². The lowest BCUT2D eigenvalue weighted by Crippen LogP contribution is -2.47. The molecular weight excluding hydrogens is 371 g/mol. The molecule has 1 aliphatic rings.